The number of nitrogens with zero attached hydrogens (tertiary/aromatic N) is 1. The lowest BCUT2D eigenvalue weighted by atomic mass is 10.1. The van der Waals surface area contributed by atoms with E-state index in [0.29, 0.717) is 11.0 Å². The minimum absolute atomic E-state index is 0.636. The third-order valence-electron chi connectivity index (χ3n) is 2.39. The summed E-state index contributed by atoms with van der Waals surface area (Å²) in [6.07, 6.45) is 4.47. The van der Waals surface area contributed by atoms with Gasteiger partial charge in [0.05, 0.1) is 4.99 Å². The van der Waals surface area contributed by atoms with Crippen molar-refractivity contribution in [3.8, 4) is 0 Å². The first kappa shape index (κ1) is 12.8. The van der Waals surface area contributed by atoms with Crippen LogP contribution in [-0.2, 0) is 0 Å². The van der Waals surface area contributed by atoms with Gasteiger partial charge in [-0.15, -0.1) is 0 Å². The smallest absolute Gasteiger partial charge is 0.0727 e. The van der Waals surface area contributed by atoms with Gasteiger partial charge < -0.3 is 10.6 Å². The molecule has 2 nitrogen and oxygen atoms in total. The Morgan fingerprint density at radius 2 is 2.15 bits per heavy atom. The maximum Gasteiger partial charge on any atom is 0.0727 e. The zero-order valence-corrected chi connectivity index (χ0v) is 9.86. The fraction of sp³-hybridized carbons (Fsp3) is 0.900. The van der Waals surface area contributed by atoms with Crippen LogP contribution in [0.15, 0.2) is 0 Å². The van der Waals surface area contributed by atoms with Crippen molar-refractivity contribution in [1.29, 1.82) is 0 Å². The highest BCUT2D eigenvalue weighted by Crippen LogP contribution is 2.05. The van der Waals surface area contributed by atoms with E-state index in [1.54, 1.807) is 0 Å². The van der Waals surface area contributed by atoms with Crippen LogP contribution in [0.3, 0.4) is 0 Å². The molecule has 78 valence electrons. The van der Waals surface area contributed by atoms with Gasteiger partial charge in [-0.25, -0.2) is 0 Å². The summed E-state index contributed by atoms with van der Waals surface area (Å²) in [7, 11) is 2.17. The number of rotatable bonds is 7. The average molecular weight is 202 g/mol. The van der Waals surface area contributed by atoms with E-state index < -0.39 is 0 Å². The highest BCUT2D eigenvalue weighted by Gasteiger charge is 2.06. The van der Waals surface area contributed by atoms with Crippen molar-refractivity contribution >= 4 is 17.2 Å². The van der Waals surface area contributed by atoms with Crippen molar-refractivity contribution < 1.29 is 0 Å². The Hall–Kier alpha value is -0.150. The van der Waals surface area contributed by atoms with Crippen LogP contribution in [0, 0.1) is 0 Å². The molecule has 0 aliphatic rings. The standard InChI is InChI=1S/C10H22N2S/c1-4-6-9(2)12(3)8-5-7-10(11)13/h9H,4-8H2,1-3H3,(H2,11,13). The minimum Gasteiger partial charge on any atom is -0.393 e. The van der Waals surface area contributed by atoms with E-state index in [2.05, 4.69) is 25.8 Å². The maximum absolute atomic E-state index is 5.43. The van der Waals surface area contributed by atoms with Crippen LogP contribution >= 0.6 is 12.2 Å². The fourth-order valence-corrected chi connectivity index (χ4v) is 1.51. The summed E-state index contributed by atoms with van der Waals surface area (Å²) in [5.74, 6) is 0. The van der Waals surface area contributed by atoms with Crippen LogP contribution < -0.4 is 5.73 Å². The van der Waals surface area contributed by atoms with E-state index in [9.17, 15) is 0 Å². The number of thiocarbonyl (C=S) groups is 1. The maximum atomic E-state index is 5.43. The molecule has 0 bridgehead atoms. The highest BCUT2D eigenvalue weighted by atomic mass is 32.1. The zero-order valence-electron chi connectivity index (χ0n) is 9.05. The molecule has 3 heteroatoms. The van der Waals surface area contributed by atoms with E-state index in [1.807, 2.05) is 0 Å². The molecule has 0 saturated carbocycles. The van der Waals surface area contributed by atoms with Gasteiger partial charge in [0.25, 0.3) is 0 Å². The largest absolute Gasteiger partial charge is 0.393 e. The van der Waals surface area contributed by atoms with E-state index in [0.717, 1.165) is 19.4 Å². The molecule has 0 saturated heterocycles. The van der Waals surface area contributed by atoms with Gasteiger partial charge in [0.1, 0.15) is 0 Å². The van der Waals surface area contributed by atoms with E-state index in [1.165, 1.54) is 12.8 Å². The van der Waals surface area contributed by atoms with Crippen molar-refractivity contribution in [2.45, 2.75) is 45.6 Å². The van der Waals surface area contributed by atoms with Gasteiger partial charge in [-0.2, -0.15) is 0 Å². The SMILES string of the molecule is CCCC(C)N(C)CCCC(N)=S. The molecule has 2 N–H and O–H groups in total. The predicted octanol–water partition coefficient (Wildman–Crippen LogP) is 2.17. The molecule has 0 amide bonds. The van der Waals surface area contributed by atoms with E-state index >= 15 is 0 Å². The van der Waals surface area contributed by atoms with E-state index in [4.69, 9.17) is 18.0 Å². The fourth-order valence-electron chi connectivity index (χ4n) is 1.36. The lowest BCUT2D eigenvalue weighted by Gasteiger charge is -2.24. The summed E-state index contributed by atoms with van der Waals surface area (Å²) in [6, 6.07) is 0.677. The third kappa shape index (κ3) is 6.96. The van der Waals surface area contributed by atoms with Gasteiger partial charge >= 0.3 is 0 Å². The van der Waals surface area contributed by atoms with Crippen LogP contribution in [0.2, 0.25) is 0 Å². The second-order valence-corrected chi connectivity index (χ2v) is 4.21. The topological polar surface area (TPSA) is 29.3 Å². The molecule has 0 heterocycles. The first-order chi connectivity index (χ1) is 6.07. The molecule has 0 aromatic rings. The molecule has 0 aliphatic carbocycles. The van der Waals surface area contributed by atoms with Crippen molar-refractivity contribution in [1.82, 2.24) is 4.90 Å². The van der Waals surface area contributed by atoms with Crippen molar-refractivity contribution in [2.75, 3.05) is 13.6 Å². The quantitative estimate of drug-likeness (QED) is 0.642. The van der Waals surface area contributed by atoms with Crippen LogP contribution in [0.5, 0.6) is 0 Å². The third-order valence-corrected chi connectivity index (χ3v) is 2.60. The Balaban J connectivity index is 3.49. The Morgan fingerprint density at radius 3 is 2.62 bits per heavy atom. The summed E-state index contributed by atoms with van der Waals surface area (Å²) in [6.45, 7) is 5.59. The molecule has 1 unspecified atom stereocenters. The minimum atomic E-state index is 0.636. The first-order valence-corrected chi connectivity index (χ1v) is 5.47. The van der Waals surface area contributed by atoms with Crippen molar-refractivity contribution in [2.24, 2.45) is 5.73 Å². The lowest BCUT2D eigenvalue weighted by molar-refractivity contribution is 0.243. The summed E-state index contributed by atoms with van der Waals surface area (Å²) in [5.41, 5.74) is 5.43. The van der Waals surface area contributed by atoms with Crippen LogP contribution in [0.25, 0.3) is 0 Å². The first-order valence-electron chi connectivity index (χ1n) is 5.06. The molecule has 0 radical (unpaired) electrons. The summed E-state index contributed by atoms with van der Waals surface area (Å²) >= 11 is 4.82. The molecule has 1 atom stereocenters. The molecule has 0 fully saturated rings. The van der Waals surface area contributed by atoms with Gasteiger partial charge in [0.2, 0.25) is 0 Å². The monoisotopic (exact) mass is 202 g/mol. The zero-order chi connectivity index (χ0) is 10.3. The summed E-state index contributed by atoms with van der Waals surface area (Å²) in [5, 5.41) is 0. The summed E-state index contributed by atoms with van der Waals surface area (Å²) in [4.78, 5) is 3.01. The molecule has 0 spiro atoms. The Kier molecular flexibility index (Phi) is 7.19. The van der Waals surface area contributed by atoms with Gasteiger partial charge in [0, 0.05) is 6.04 Å². The second kappa shape index (κ2) is 7.27. The molecule has 0 aliphatic heterocycles. The molecule has 0 aromatic heterocycles. The van der Waals surface area contributed by atoms with Crippen LogP contribution in [-0.4, -0.2) is 29.5 Å². The van der Waals surface area contributed by atoms with Gasteiger partial charge in [-0.1, -0.05) is 25.6 Å². The second-order valence-electron chi connectivity index (χ2n) is 3.69. The summed E-state index contributed by atoms with van der Waals surface area (Å²) < 4.78 is 0. The Labute approximate surface area is 87.5 Å². The molecule has 13 heavy (non-hydrogen) atoms. The highest BCUT2D eigenvalue weighted by molar-refractivity contribution is 7.80. The van der Waals surface area contributed by atoms with E-state index in [-0.39, 0.29) is 0 Å². The Morgan fingerprint density at radius 1 is 1.54 bits per heavy atom. The molecular weight excluding hydrogens is 180 g/mol. The predicted molar refractivity (Wildman–Crippen MR) is 63.0 cm³/mol. The van der Waals surface area contributed by atoms with Crippen LogP contribution in [0.1, 0.15) is 39.5 Å². The normalized spacial score (nSPS) is 13.2. The van der Waals surface area contributed by atoms with Gasteiger partial charge in [-0.05, 0) is 39.8 Å². The van der Waals surface area contributed by atoms with Gasteiger partial charge in [-0.3, -0.25) is 0 Å². The molecular formula is C10H22N2S. The van der Waals surface area contributed by atoms with Gasteiger partial charge in [0.15, 0.2) is 0 Å². The number of nitrogens with two attached hydrogens (primary N) is 1. The Bertz CT molecular complexity index is 148. The van der Waals surface area contributed by atoms with Crippen LogP contribution in [0.4, 0.5) is 0 Å². The number of hydrogen-bond acceptors (Lipinski definition) is 2. The lowest BCUT2D eigenvalue weighted by Crippen LogP contribution is -2.30. The van der Waals surface area contributed by atoms with Crippen molar-refractivity contribution in [3.05, 3.63) is 0 Å². The van der Waals surface area contributed by atoms with Crippen molar-refractivity contribution in [3.63, 3.8) is 0 Å². The molecule has 0 aromatic carbocycles. The number of hydrogen-bond donors (Lipinski definition) is 1. The molecule has 0 rings (SSSR count). The average Bonchev–Trinajstić information content (AvgIpc) is 2.04.